The number of fused-ring (bicyclic) bond motifs is 3. The van der Waals surface area contributed by atoms with Gasteiger partial charge in [0.15, 0.2) is 0 Å². The lowest BCUT2D eigenvalue weighted by atomic mass is 9.96. The van der Waals surface area contributed by atoms with Gasteiger partial charge in [0.1, 0.15) is 12.2 Å². The highest BCUT2D eigenvalue weighted by Crippen LogP contribution is 2.40. The Kier molecular flexibility index (Phi) is 12.4. The van der Waals surface area contributed by atoms with Gasteiger partial charge in [-0.1, -0.05) is 111 Å². The number of ether oxygens (including phenoxy) is 1. The number of carbonyl (C=O) groups excluding carboxylic acids is 3. The van der Waals surface area contributed by atoms with Gasteiger partial charge >= 0.3 is 12.3 Å². The number of aromatic nitrogens is 3. The summed E-state index contributed by atoms with van der Waals surface area (Å²) in [6.07, 6.45) is -4.10. The molecule has 11 nitrogen and oxygen atoms in total. The van der Waals surface area contributed by atoms with E-state index in [-0.39, 0.29) is 53.5 Å². The quantitative estimate of drug-likeness (QED) is 0.141. The summed E-state index contributed by atoms with van der Waals surface area (Å²) >= 11 is 12.5. The van der Waals surface area contributed by atoms with E-state index in [0.29, 0.717) is 39.5 Å². The van der Waals surface area contributed by atoms with Gasteiger partial charge in [0.2, 0.25) is 5.88 Å². The van der Waals surface area contributed by atoms with Crippen LogP contribution >= 0.6 is 23.2 Å². The van der Waals surface area contributed by atoms with Crippen molar-refractivity contribution < 1.29 is 36.7 Å². The van der Waals surface area contributed by atoms with Crippen molar-refractivity contribution in [2.75, 3.05) is 19.7 Å². The first kappa shape index (κ1) is 43.9. The molecular weight excluding hydrogens is 849 g/mol. The molecule has 5 aromatic rings. The fourth-order valence-corrected chi connectivity index (χ4v) is 13.2. The van der Waals surface area contributed by atoms with Crippen LogP contribution in [0.3, 0.4) is 0 Å². The minimum Gasteiger partial charge on any atom is -0.405 e. The Hall–Kier alpha value is -5.22. The van der Waals surface area contributed by atoms with Crippen LogP contribution in [0.25, 0.3) is 0 Å². The number of alkyl halides is 3. The number of halogens is 5. The second-order valence-corrected chi connectivity index (χ2v) is 21.5. The Balaban J connectivity index is 1.26. The molecule has 3 atom stereocenters. The number of hydrogen-bond donors (Lipinski definition) is 1. The number of rotatable bonds is 10. The zero-order valence-corrected chi connectivity index (χ0v) is 36.7. The van der Waals surface area contributed by atoms with E-state index < -0.39 is 39.2 Å². The average molecular weight is 894 g/mol. The normalized spacial score (nSPS) is 17.4. The maximum atomic E-state index is 14.9. The highest BCUT2D eigenvalue weighted by atomic mass is 35.5. The van der Waals surface area contributed by atoms with Crippen LogP contribution in [-0.4, -0.2) is 82.7 Å². The lowest BCUT2D eigenvalue weighted by Gasteiger charge is -2.45. The fraction of sp³-hybridized carbons (Fsp3) is 0.341. The van der Waals surface area contributed by atoms with Gasteiger partial charge in [-0.15, -0.1) is 0 Å². The first-order valence-electron chi connectivity index (χ1n) is 19.8. The van der Waals surface area contributed by atoms with Crippen LogP contribution in [0.5, 0.6) is 5.88 Å². The Morgan fingerprint density at radius 1 is 0.951 bits per heavy atom. The van der Waals surface area contributed by atoms with Crippen LogP contribution in [0.1, 0.15) is 84.4 Å². The van der Waals surface area contributed by atoms with E-state index >= 15 is 0 Å². The highest BCUT2D eigenvalue weighted by Gasteiger charge is 2.51. The highest BCUT2D eigenvalue weighted by molar-refractivity contribution is 6.99. The largest absolute Gasteiger partial charge is 0.414 e. The predicted molar refractivity (Wildman–Crippen MR) is 228 cm³/mol. The first-order chi connectivity index (χ1) is 28.9. The molecule has 0 saturated heterocycles. The molecule has 2 aliphatic heterocycles. The lowest BCUT2D eigenvalue weighted by Crippen LogP contribution is -2.67. The summed E-state index contributed by atoms with van der Waals surface area (Å²) in [5.41, 5.74) is 2.63. The van der Waals surface area contributed by atoms with Gasteiger partial charge in [-0.25, -0.2) is 9.78 Å². The van der Waals surface area contributed by atoms with E-state index in [1.54, 1.807) is 38.0 Å². The Morgan fingerprint density at radius 3 is 2.18 bits per heavy atom. The van der Waals surface area contributed by atoms with Gasteiger partial charge in [-0.3, -0.25) is 14.3 Å². The maximum absolute atomic E-state index is 14.9. The number of pyridine rings is 1. The predicted octanol–water partition coefficient (Wildman–Crippen LogP) is 8.16. The zero-order valence-electron chi connectivity index (χ0n) is 34.2. The molecule has 7 rings (SSSR count). The Labute approximate surface area is 362 Å². The minimum absolute atomic E-state index is 0.116. The monoisotopic (exact) mass is 892 g/mol. The van der Waals surface area contributed by atoms with Crippen molar-refractivity contribution in [3.63, 3.8) is 0 Å². The van der Waals surface area contributed by atoms with Crippen LogP contribution in [-0.2, 0) is 17.4 Å². The number of benzene rings is 3. The number of amides is 3. The molecule has 4 heterocycles. The van der Waals surface area contributed by atoms with E-state index in [2.05, 4.69) is 50.0 Å². The van der Waals surface area contributed by atoms with Crippen molar-refractivity contribution in [3.8, 4) is 5.88 Å². The molecule has 1 unspecified atom stereocenters. The van der Waals surface area contributed by atoms with Gasteiger partial charge in [-0.2, -0.15) is 18.3 Å². The van der Waals surface area contributed by atoms with Crippen molar-refractivity contribution in [2.45, 2.75) is 76.9 Å². The minimum atomic E-state index is -4.61. The number of nitrogens with zero attached hydrogens (tertiary/aromatic N) is 5. The molecule has 0 saturated carbocycles. The molecule has 3 aromatic carbocycles. The molecule has 2 aliphatic rings. The number of carbonyl (C=O) groups is 3. The lowest BCUT2D eigenvalue weighted by molar-refractivity contribution is -0.123. The van der Waals surface area contributed by atoms with E-state index in [0.717, 1.165) is 10.4 Å². The number of hydrogen-bond acceptors (Lipinski definition) is 7. The van der Waals surface area contributed by atoms with Crippen molar-refractivity contribution in [1.82, 2.24) is 29.9 Å². The summed E-state index contributed by atoms with van der Waals surface area (Å²) in [4.78, 5) is 48.5. The van der Waals surface area contributed by atoms with Crippen LogP contribution < -0.4 is 20.4 Å². The van der Waals surface area contributed by atoms with E-state index in [9.17, 15) is 27.6 Å². The van der Waals surface area contributed by atoms with Gasteiger partial charge in [0.05, 0.1) is 41.0 Å². The van der Waals surface area contributed by atoms with Crippen LogP contribution in [0, 0.1) is 0 Å². The first-order valence-corrected chi connectivity index (χ1v) is 22.4. The average Bonchev–Trinajstić information content (AvgIpc) is 3.60. The molecule has 3 amide bonds. The standard InChI is InChI=1S/C44H45Cl2F3N6O5Si/c1-27-20-37-34(24-53(27)40(56)29-16-18-35(45)36(46)21-29)39-41(57)54(28(2)30-17-19-38(50-22-30)60-42(58)51-26-44(47,48)49)23-31(55(39)52-37)25-59-61(43(3,4)5,32-12-8-6-9-13-32)33-14-10-7-11-15-33/h6-19,21-22,27-28,31H,20,23-26H2,1-5H3,(H,51,58)/t27-,28?,31+/m1/s1. The smallest absolute Gasteiger partial charge is 0.405 e. The third kappa shape index (κ3) is 8.92. The van der Waals surface area contributed by atoms with Crippen LogP contribution in [0.15, 0.2) is 97.2 Å². The maximum Gasteiger partial charge on any atom is 0.414 e. The summed E-state index contributed by atoms with van der Waals surface area (Å²) < 4.78 is 52.0. The van der Waals surface area contributed by atoms with Crippen LogP contribution in [0.2, 0.25) is 15.1 Å². The summed E-state index contributed by atoms with van der Waals surface area (Å²) in [5, 5.41) is 9.18. The van der Waals surface area contributed by atoms with Gasteiger partial charge < -0.3 is 24.3 Å². The number of nitrogens with one attached hydrogen (secondary N) is 1. The summed E-state index contributed by atoms with van der Waals surface area (Å²) in [6.45, 7) is 9.31. The second kappa shape index (κ2) is 17.3. The summed E-state index contributed by atoms with van der Waals surface area (Å²) in [7, 11) is -3.05. The second-order valence-electron chi connectivity index (χ2n) is 16.4. The molecular formula is C44H45Cl2F3N6O5Si. The zero-order chi connectivity index (χ0) is 43.9. The van der Waals surface area contributed by atoms with E-state index in [4.69, 9.17) is 37.5 Å². The fourth-order valence-electron chi connectivity index (χ4n) is 8.27. The molecule has 320 valence electrons. The van der Waals surface area contributed by atoms with E-state index in [1.807, 2.05) is 50.2 Å². The molecule has 1 N–H and O–H groups in total. The molecule has 0 bridgehead atoms. The van der Waals surface area contributed by atoms with Crippen molar-refractivity contribution in [2.24, 2.45) is 0 Å². The molecule has 61 heavy (non-hydrogen) atoms. The molecule has 0 spiro atoms. The molecule has 0 aliphatic carbocycles. The molecule has 2 aromatic heterocycles. The topological polar surface area (TPSA) is 119 Å². The van der Waals surface area contributed by atoms with Crippen LogP contribution in [0.4, 0.5) is 18.0 Å². The summed E-state index contributed by atoms with van der Waals surface area (Å²) in [6, 6.07) is 26.9. The Morgan fingerprint density at radius 2 is 1.61 bits per heavy atom. The molecule has 17 heteroatoms. The third-order valence-electron chi connectivity index (χ3n) is 11.3. The van der Waals surface area contributed by atoms with E-state index in [1.165, 1.54) is 18.3 Å². The van der Waals surface area contributed by atoms with Gasteiger partial charge in [0, 0.05) is 42.4 Å². The molecule has 0 fully saturated rings. The van der Waals surface area contributed by atoms with Crippen molar-refractivity contribution in [1.29, 1.82) is 0 Å². The van der Waals surface area contributed by atoms with Crippen molar-refractivity contribution >= 4 is 59.8 Å². The molecule has 0 radical (unpaired) electrons. The van der Waals surface area contributed by atoms with Gasteiger partial charge in [-0.05, 0) is 53.0 Å². The van der Waals surface area contributed by atoms with Crippen molar-refractivity contribution in [3.05, 3.63) is 135 Å². The SMILES string of the molecule is CC(c1ccc(OC(=O)NCC(F)(F)F)nc1)N1C[C@@H](CO[Si](c2ccccc2)(c2ccccc2)C(C)(C)C)n2nc3c(c2C1=O)CN(C(=O)c1ccc(Cl)c(Cl)c1)[C@H](C)C3. The third-order valence-corrected chi connectivity index (χ3v) is 17.1. The van der Waals surface area contributed by atoms with Gasteiger partial charge in [0.25, 0.3) is 20.1 Å². The summed E-state index contributed by atoms with van der Waals surface area (Å²) in [5.74, 6) is -0.798. The Bertz CT molecular complexity index is 2380.